The van der Waals surface area contributed by atoms with Crippen molar-refractivity contribution in [1.82, 2.24) is 0 Å². The number of carbonyl (C=O) groups excluding carboxylic acids is 2. The number of amides is 2. The fourth-order valence-electron chi connectivity index (χ4n) is 3.55. The van der Waals surface area contributed by atoms with Crippen LogP contribution in [-0.4, -0.2) is 22.9 Å². The number of benzene rings is 3. The number of rotatable bonds is 6. The van der Waals surface area contributed by atoms with E-state index >= 15 is 0 Å². The zero-order chi connectivity index (χ0) is 24.2. The molecule has 0 atom stereocenters. The number of thiophene rings is 1. The molecule has 166 valence electrons. The second-order valence-electron chi connectivity index (χ2n) is 7.24. The van der Waals surface area contributed by atoms with Gasteiger partial charge >= 0.3 is 5.97 Å². The molecule has 8 heteroatoms. The number of aromatic carboxylic acids is 1. The Morgan fingerprint density at radius 3 is 2.06 bits per heavy atom. The molecule has 1 heterocycles. The molecule has 1 aromatic heterocycles. The van der Waals surface area contributed by atoms with E-state index in [4.69, 9.17) is 5.73 Å². The Balaban J connectivity index is 1.86. The third-order valence-electron chi connectivity index (χ3n) is 5.12. The maximum absolute atomic E-state index is 13.2. The van der Waals surface area contributed by atoms with Gasteiger partial charge in [0, 0.05) is 10.4 Å². The number of nitrogens with zero attached hydrogens (tertiary/aromatic N) is 1. The second kappa shape index (κ2) is 9.40. The van der Waals surface area contributed by atoms with E-state index in [0.29, 0.717) is 5.56 Å². The molecule has 0 radical (unpaired) electrons. The van der Waals surface area contributed by atoms with Gasteiger partial charge < -0.3 is 16.2 Å². The van der Waals surface area contributed by atoms with E-state index in [1.807, 2.05) is 60.7 Å². The number of carboxylic acids is 1. The van der Waals surface area contributed by atoms with Crippen LogP contribution in [0.4, 0.5) is 5.00 Å². The first-order chi connectivity index (χ1) is 16.4. The monoisotopic (exact) mass is 467 g/mol. The number of primary amides is 1. The number of nitriles is 1. The molecule has 0 spiro atoms. The molecule has 0 aliphatic rings. The molecule has 2 amide bonds. The lowest BCUT2D eigenvalue weighted by atomic mass is 9.98. The SMILES string of the molecule is N#Cc1c(NC(=O)c2cc(C(=O)O)ccc2C(N)=O)sc(-c2ccccc2)c1-c1ccccc1. The number of hydrogen-bond acceptors (Lipinski definition) is 5. The minimum Gasteiger partial charge on any atom is -0.478 e. The third-order valence-corrected chi connectivity index (χ3v) is 6.28. The van der Waals surface area contributed by atoms with E-state index < -0.39 is 17.8 Å². The number of carboxylic acid groups (broad SMARTS) is 1. The van der Waals surface area contributed by atoms with E-state index in [2.05, 4.69) is 11.4 Å². The first-order valence-electron chi connectivity index (χ1n) is 10.1. The summed E-state index contributed by atoms with van der Waals surface area (Å²) in [7, 11) is 0. The van der Waals surface area contributed by atoms with Crippen LogP contribution in [0.2, 0.25) is 0 Å². The summed E-state index contributed by atoms with van der Waals surface area (Å²) in [5.74, 6) is -2.87. The maximum atomic E-state index is 13.2. The van der Waals surface area contributed by atoms with Crippen molar-refractivity contribution in [3.05, 3.63) is 101 Å². The summed E-state index contributed by atoms with van der Waals surface area (Å²) in [6, 6.07) is 24.5. The van der Waals surface area contributed by atoms with Crippen molar-refractivity contribution in [2.75, 3.05) is 5.32 Å². The molecule has 4 rings (SSSR count). The summed E-state index contributed by atoms with van der Waals surface area (Å²) < 4.78 is 0. The number of nitrogens with two attached hydrogens (primary N) is 1. The van der Waals surface area contributed by atoms with Gasteiger partial charge in [0.25, 0.3) is 5.91 Å². The van der Waals surface area contributed by atoms with Crippen LogP contribution < -0.4 is 11.1 Å². The van der Waals surface area contributed by atoms with Crippen LogP contribution in [0.15, 0.2) is 78.9 Å². The molecular formula is C26H17N3O4S. The summed E-state index contributed by atoms with van der Waals surface area (Å²) in [6.07, 6.45) is 0. The van der Waals surface area contributed by atoms with E-state index in [0.717, 1.165) is 22.1 Å². The minimum atomic E-state index is -1.25. The Labute approximate surface area is 198 Å². The number of carbonyl (C=O) groups is 3. The lowest BCUT2D eigenvalue weighted by molar-refractivity contribution is 0.0696. The zero-order valence-electron chi connectivity index (χ0n) is 17.6. The van der Waals surface area contributed by atoms with Gasteiger partial charge in [0.1, 0.15) is 11.1 Å². The lowest BCUT2D eigenvalue weighted by Crippen LogP contribution is -2.21. The number of anilines is 1. The molecule has 34 heavy (non-hydrogen) atoms. The van der Waals surface area contributed by atoms with Crippen LogP contribution >= 0.6 is 11.3 Å². The fraction of sp³-hybridized carbons (Fsp3) is 0. The summed E-state index contributed by atoms with van der Waals surface area (Å²) in [5.41, 5.74) is 7.52. The third kappa shape index (κ3) is 4.28. The number of nitrogens with one attached hydrogen (secondary N) is 1. The van der Waals surface area contributed by atoms with Crippen molar-refractivity contribution in [3.63, 3.8) is 0 Å². The van der Waals surface area contributed by atoms with Gasteiger partial charge in [-0.15, -0.1) is 11.3 Å². The van der Waals surface area contributed by atoms with Gasteiger partial charge in [-0.1, -0.05) is 60.7 Å². The van der Waals surface area contributed by atoms with Gasteiger partial charge in [0.05, 0.1) is 22.3 Å². The normalized spacial score (nSPS) is 10.3. The van der Waals surface area contributed by atoms with Crippen LogP contribution in [0.25, 0.3) is 21.6 Å². The fourth-order valence-corrected chi connectivity index (χ4v) is 4.72. The van der Waals surface area contributed by atoms with Crippen LogP contribution in [0.5, 0.6) is 0 Å². The van der Waals surface area contributed by atoms with E-state index in [9.17, 15) is 24.8 Å². The maximum Gasteiger partial charge on any atom is 0.335 e. The molecular weight excluding hydrogens is 450 g/mol. The molecule has 4 aromatic rings. The van der Waals surface area contributed by atoms with Crippen molar-refractivity contribution in [2.45, 2.75) is 0 Å². The summed E-state index contributed by atoms with van der Waals surface area (Å²) in [6.45, 7) is 0. The predicted molar refractivity (Wildman–Crippen MR) is 130 cm³/mol. The Bertz CT molecular complexity index is 1450. The molecule has 0 fully saturated rings. The number of hydrogen-bond donors (Lipinski definition) is 3. The molecule has 0 bridgehead atoms. The predicted octanol–water partition coefficient (Wildman–Crippen LogP) is 5.00. The first-order valence-corrected chi connectivity index (χ1v) is 10.9. The Morgan fingerprint density at radius 2 is 1.50 bits per heavy atom. The highest BCUT2D eigenvalue weighted by atomic mass is 32.1. The highest BCUT2D eigenvalue weighted by molar-refractivity contribution is 7.20. The molecule has 0 unspecified atom stereocenters. The molecule has 3 aromatic carbocycles. The second-order valence-corrected chi connectivity index (χ2v) is 8.26. The highest BCUT2D eigenvalue weighted by Gasteiger charge is 2.24. The first kappa shape index (κ1) is 22.5. The Morgan fingerprint density at radius 1 is 0.882 bits per heavy atom. The van der Waals surface area contributed by atoms with Crippen molar-refractivity contribution in [3.8, 4) is 27.6 Å². The summed E-state index contributed by atoms with van der Waals surface area (Å²) in [4.78, 5) is 37.2. The van der Waals surface area contributed by atoms with Gasteiger partial charge in [-0.05, 0) is 29.3 Å². The van der Waals surface area contributed by atoms with Crippen molar-refractivity contribution < 1.29 is 19.5 Å². The van der Waals surface area contributed by atoms with Crippen molar-refractivity contribution in [1.29, 1.82) is 5.26 Å². The standard InChI is InChI=1S/C26H17N3O4S/c27-14-20-21(15-7-3-1-4-8-15)22(16-9-5-2-6-10-16)34-25(20)29-24(31)19-13-17(26(32)33)11-12-18(19)23(28)30/h1-13H,(H2,28,30)(H,29,31)(H,32,33). The van der Waals surface area contributed by atoms with Crippen LogP contribution in [0, 0.1) is 11.3 Å². The van der Waals surface area contributed by atoms with Crippen LogP contribution in [0.1, 0.15) is 36.6 Å². The van der Waals surface area contributed by atoms with Gasteiger partial charge in [-0.25, -0.2) is 4.79 Å². The van der Waals surface area contributed by atoms with Crippen LogP contribution in [-0.2, 0) is 0 Å². The van der Waals surface area contributed by atoms with Gasteiger partial charge in [-0.3, -0.25) is 9.59 Å². The van der Waals surface area contributed by atoms with E-state index in [1.54, 1.807) is 0 Å². The molecule has 0 aliphatic heterocycles. The van der Waals surface area contributed by atoms with Gasteiger partial charge in [0.2, 0.25) is 5.91 Å². The quantitative estimate of drug-likeness (QED) is 0.367. The average Bonchev–Trinajstić information content (AvgIpc) is 3.22. The lowest BCUT2D eigenvalue weighted by Gasteiger charge is -2.09. The smallest absolute Gasteiger partial charge is 0.335 e. The average molecular weight is 468 g/mol. The molecule has 7 nitrogen and oxygen atoms in total. The zero-order valence-corrected chi connectivity index (χ0v) is 18.4. The summed E-state index contributed by atoms with van der Waals surface area (Å²) >= 11 is 1.22. The van der Waals surface area contributed by atoms with Crippen molar-refractivity contribution in [2.24, 2.45) is 5.73 Å². The Hall–Kier alpha value is -4.74. The van der Waals surface area contributed by atoms with Gasteiger partial charge in [-0.2, -0.15) is 5.26 Å². The minimum absolute atomic E-state index is 0.121. The van der Waals surface area contributed by atoms with Crippen molar-refractivity contribution >= 4 is 34.1 Å². The molecule has 0 saturated heterocycles. The highest BCUT2D eigenvalue weighted by Crippen LogP contribution is 2.45. The van der Waals surface area contributed by atoms with Crippen LogP contribution in [0.3, 0.4) is 0 Å². The largest absolute Gasteiger partial charge is 0.478 e. The van der Waals surface area contributed by atoms with Gasteiger partial charge in [0.15, 0.2) is 0 Å². The Kier molecular flexibility index (Phi) is 6.21. The summed E-state index contributed by atoms with van der Waals surface area (Å²) in [5, 5.41) is 22.3. The molecule has 0 saturated carbocycles. The molecule has 4 N–H and O–H groups in total. The topological polar surface area (TPSA) is 133 Å². The molecule has 0 aliphatic carbocycles. The van der Waals surface area contributed by atoms with E-state index in [1.165, 1.54) is 23.5 Å². The van der Waals surface area contributed by atoms with E-state index in [-0.39, 0.29) is 27.3 Å².